The average molecular weight is 270 g/mol. The molecule has 0 radical (unpaired) electrons. The minimum atomic E-state index is -0.172. The van der Waals surface area contributed by atoms with E-state index >= 15 is 0 Å². The number of nitrogens with two attached hydrogens (primary N) is 1. The lowest BCUT2D eigenvalue weighted by molar-refractivity contribution is 0.102. The van der Waals surface area contributed by atoms with E-state index in [2.05, 4.69) is 5.32 Å². The Kier molecular flexibility index (Phi) is 4.38. The van der Waals surface area contributed by atoms with Crippen molar-refractivity contribution >= 4 is 11.6 Å². The first-order chi connectivity index (χ1) is 9.60. The quantitative estimate of drug-likeness (QED) is 0.747. The Hall–Kier alpha value is -2.33. The fraction of sp³-hybridized carbons (Fsp3) is 0.188. The highest BCUT2D eigenvalue weighted by Gasteiger charge is 2.07. The largest absolute Gasteiger partial charge is 0.508 e. The number of aromatic hydroxyl groups is 1. The lowest BCUT2D eigenvalue weighted by Gasteiger charge is -2.07. The zero-order chi connectivity index (χ0) is 14.5. The topological polar surface area (TPSA) is 75.4 Å². The SMILES string of the molecule is Cc1cc(NC(=O)c2ccc(CCN)cc2)ccc1O. The van der Waals surface area contributed by atoms with Crippen LogP contribution in [-0.2, 0) is 6.42 Å². The number of benzene rings is 2. The second-order valence-electron chi connectivity index (χ2n) is 4.69. The average Bonchev–Trinajstić information content (AvgIpc) is 2.44. The monoisotopic (exact) mass is 270 g/mol. The molecule has 104 valence electrons. The van der Waals surface area contributed by atoms with Crippen molar-refractivity contribution in [2.24, 2.45) is 5.73 Å². The van der Waals surface area contributed by atoms with Crippen molar-refractivity contribution in [3.05, 3.63) is 59.2 Å². The van der Waals surface area contributed by atoms with Gasteiger partial charge in [0.05, 0.1) is 0 Å². The molecule has 0 fully saturated rings. The van der Waals surface area contributed by atoms with Crippen LogP contribution in [0.1, 0.15) is 21.5 Å². The van der Waals surface area contributed by atoms with Gasteiger partial charge in [-0.05, 0) is 61.3 Å². The minimum Gasteiger partial charge on any atom is -0.508 e. The molecule has 0 aromatic heterocycles. The first-order valence-electron chi connectivity index (χ1n) is 6.50. The summed E-state index contributed by atoms with van der Waals surface area (Å²) in [6, 6.07) is 12.4. The summed E-state index contributed by atoms with van der Waals surface area (Å²) in [7, 11) is 0. The van der Waals surface area contributed by atoms with E-state index < -0.39 is 0 Å². The Labute approximate surface area is 118 Å². The van der Waals surface area contributed by atoms with Crippen LogP contribution in [0.5, 0.6) is 5.75 Å². The van der Waals surface area contributed by atoms with E-state index in [0.717, 1.165) is 17.5 Å². The molecule has 4 heteroatoms. The van der Waals surface area contributed by atoms with Gasteiger partial charge in [-0.3, -0.25) is 4.79 Å². The third kappa shape index (κ3) is 3.36. The molecule has 2 aromatic rings. The summed E-state index contributed by atoms with van der Waals surface area (Å²) in [6.45, 7) is 2.38. The highest BCUT2D eigenvalue weighted by atomic mass is 16.3. The van der Waals surface area contributed by atoms with Crippen LogP contribution in [0.2, 0.25) is 0 Å². The van der Waals surface area contributed by atoms with Crippen molar-refractivity contribution in [1.82, 2.24) is 0 Å². The summed E-state index contributed by atoms with van der Waals surface area (Å²) in [4.78, 5) is 12.1. The Balaban J connectivity index is 2.09. The summed E-state index contributed by atoms with van der Waals surface area (Å²) >= 11 is 0. The minimum absolute atomic E-state index is 0.172. The number of aryl methyl sites for hydroxylation is 1. The van der Waals surface area contributed by atoms with Crippen LogP contribution in [0.3, 0.4) is 0 Å². The van der Waals surface area contributed by atoms with E-state index in [1.807, 2.05) is 12.1 Å². The van der Waals surface area contributed by atoms with Crippen LogP contribution in [0.25, 0.3) is 0 Å². The lowest BCUT2D eigenvalue weighted by atomic mass is 10.1. The number of rotatable bonds is 4. The second-order valence-corrected chi connectivity index (χ2v) is 4.69. The van der Waals surface area contributed by atoms with E-state index in [0.29, 0.717) is 17.8 Å². The maximum Gasteiger partial charge on any atom is 0.255 e. The summed E-state index contributed by atoms with van der Waals surface area (Å²) < 4.78 is 0. The van der Waals surface area contributed by atoms with Crippen molar-refractivity contribution < 1.29 is 9.90 Å². The summed E-state index contributed by atoms with van der Waals surface area (Å²) in [5, 5.41) is 12.3. The fourth-order valence-electron chi connectivity index (χ4n) is 1.93. The molecule has 0 aliphatic heterocycles. The first-order valence-corrected chi connectivity index (χ1v) is 6.50. The van der Waals surface area contributed by atoms with Gasteiger partial charge in [-0.25, -0.2) is 0 Å². The van der Waals surface area contributed by atoms with Crippen molar-refractivity contribution in [2.75, 3.05) is 11.9 Å². The van der Waals surface area contributed by atoms with Gasteiger partial charge in [0.2, 0.25) is 0 Å². The van der Waals surface area contributed by atoms with Crippen LogP contribution in [-0.4, -0.2) is 17.6 Å². The zero-order valence-electron chi connectivity index (χ0n) is 11.4. The van der Waals surface area contributed by atoms with Gasteiger partial charge in [0, 0.05) is 11.3 Å². The molecule has 1 amide bonds. The van der Waals surface area contributed by atoms with E-state index in [9.17, 15) is 9.90 Å². The molecule has 0 aliphatic carbocycles. The number of phenolic OH excluding ortho intramolecular Hbond substituents is 1. The van der Waals surface area contributed by atoms with Crippen molar-refractivity contribution in [1.29, 1.82) is 0 Å². The second kappa shape index (κ2) is 6.21. The first kappa shape index (κ1) is 14.1. The number of amides is 1. The number of hydrogen-bond acceptors (Lipinski definition) is 3. The lowest BCUT2D eigenvalue weighted by Crippen LogP contribution is -2.12. The molecule has 4 N–H and O–H groups in total. The van der Waals surface area contributed by atoms with Crippen LogP contribution in [0.15, 0.2) is 42.5 Å². The molecule has 2 rings (SSSR count). The van der Waals surface area contributed by atoms with Gasteiger partial charge in [0.1, 0.15) is 5.75 Å². The van der Waals surface area contributed by atoms with E-state index in [4.69, 9.17) is 5.73 Å². The van der Waals surface area contributed by atoms with Crippen LogP contribution in [0, 0.1) is 6.92 Å². The smallest absolute Gasteiger partial charge is 0.255 e. The summed E-state index contributed by atoms with van der Waals surface area (Å²) in [6.07, 6.45) is 0.805. The predicted octanol–water partition coefficient (Wildman–Crippen LogP) is 2.45. The molecule has 2 aromatic carbocycles. The maximum absolute atomic E-state index is 12.1. The normalized spacial score (nSPS) is 10.3. The Morgan fingerprint density at radius 3 is 2.50 bits per heavy atom. The number of carbonyl (C=O) groups excluding carboxylic acids is 1. The molecule has 0 saturated heterocycles. The van der Waals surface area contributed by atoms with Gasteiger partial charge in [-0.2, -0.15) is 0 Å². The molecule has 0 atom stereocenters. The highest BCUT2D eigenvalue weighted by molar-refractivity contribution is 6.04. The van der Waals surface area contributed by atoms with Crippen molar-refractivity contribution in [3.8, 4) is 5.75 Å². The Morgan fingerprint density at radius 1 is 1.20 bits per heavy atom. The summed E-state index contributed by atoms with van der Waals surface area (Å²) in [5.41, 5.74) is 8.58. The Morgan fingerprint density at radius 2 is 1.90 bits per heavy atom. The van der Waals surface area contributed by atoms with Gasteiger partial charge < -0.3 is 16.2 Å². The molecule has 20 heavy (non-hydrogen) atoms. The molecular weight excluding hydrogens is 252 g/mol. The molecular formula is C16H18N2O2. The summed E-state index contributed by atoms with van der Waals surface area (Å²) in [5.74, 6) is 0.0449. The van der Waals surface area contributed by atoms with E-state index in [1.165, 1.54) is 0 Å². The molecule has 0 spiro atoms. The van der Waals surface area contributed by atoms with Crippen molar-refractivity contribution in [2.45, 2.75) is 13.3 Å². The van der Waals surface area contributed by atoms with E-state index in [-0.39, 0.29) is 11.7 Å². The molecule has 0 bridgehead atoms. The van der Waals surface area contributed by atoms with Gasteiger partial charge >= 0.3 is 0 Å². The standard InChI is InChI=1S/C16H18N2O2/c1-11-10-14(6-7-15(11)19)18-16(20)13-4-2-12(3-5-13)8-9-17/h2-7,10,19H,8-9,17H2,1H3,(H,18,20). The van der Waals surface area contributed by atoms with E-state index in [1.54, 1.807) is 37.3 Å². The van der Waals surface area contributed by atoms with Crippen LogP contribution in [0.4, 0.5) is 5.69 Å². The van der Waals surface area contributed by atoms with Gasteiger partial charge in [-0.1, -0.05) is 12.1 Å². The third-order valence-corrected chi connectivity index (χ3v) is 3.10. The van der Waals surface area contributed by atoms with Gasteiger partial charge in [-0.15, -0.1) is 0 Å². The number of phenols is 1. The fourth-order valence-corrected chi connectivity index (χ4v) is 1.93. The number of nitrogens with one attached hydrogen (secondary N) is 1. The number of anilines is 1. The predicted molar refractivity (Wildman–Crippen MR) is 80.0 cm³/mol. The van der Waals surface area contributed by atoms with Crippen molar-refractivity contribution in [3.63, 3.8) is 0 Å². The Bertz CT molecular complexity index is 606. The third-order valence-electron chi connectivity index (χ3n) is 3.10. The molecule has 0 aliphatic rings. The maximum atomic E-state index is 12.1. The molecule has 0 heterocycles. The molecule has 0 unspecified atom stereocenters. The van der Waals surface area contributed by atoms with Gasteiger partial charge in [0.25, 0.3) is 5.91 Å². The van der Waals surface area contributed by atoms with Crippen LogP contribution >= 0.6 is 0 Å². The van der Waals surface area contributed by atoms with Crippen LogP contribution < -0.4 is 11.1 Å². The zero-order valence-corrected chi connectivity index (χ0v) is 11.4. The van der Waals surface area contributed by atoms with Gasteiger partial charge in [0.15, 0.2) is 0 Å². The molecule has 4 nitrogen and oxygen atoms in total. The number of carbonyl (C=O) groups is 1. The number of hydrogen-bond donors (Lipinski definition) is 3. The highest BCUT2D eigenvalue weighted by Crippen LogP contribution is 2.20. The molecule has 0 saturated carbocycles.